The number of imidazole rings is 1. The van der Waals surface area contributed by atoms with Crippen LogP contribution in [0.2, 0.25) is 0 Å². The zero-order chi connectivity index (χ0) is 25.1. The first kappa shape index (κ1) is 24.0. The number of aryl methyl sites for hydroxylation is 2. The fourth-order valence-electron chi connectivity index (χ4n) is 4.58. The number of H-pyrrole nitrogens is 1. The molecular formula is C26H28N4O5. The molecule has 0 bridgehead atoms. The van der Waals surface area contributed by atoms with Gasteiger partial charge < -0.3 is 24.3 Å². The van der Waals surface area contributed by atoms with Crippen molar-refractivity contribution in [3.63, 3.8) is 0 Å². The number of rotatable bonds is 8. The summed E-state index contributed by atoms with van der Waals surface area (Å²) in [6.07, 6.45) is 5.81. The Bertz CT molecular complexity index is 1270. The highest BCUT2D eigenvalue weighted by Gasteiger charge is 2.46. The SMILES string of the molecule is CCOC(=O)c1[nH]c(C)c(/C(O)=C2\C(=O)C(=O)N(CCCn3ccnc3)[C@@H]2c2ccccc2)c1C. The van der Waals surface area contributed by atoms with Crippen LogP contribution in [0.25, 0.3) is 5.76 Å². The van der Waals surface area contributed by atoms with Crippen molar-refractivity contribution in [3.8, 4) is 0 Å². The van der Waals surface area contributed by atoms with Crippen molar-refractivity contribution < 1.29 is 24.2 Å². The van der Waals surface area contributed by atoms with Crippen molar-refractivity contribution in [3.05, 3.63) is 82.7 Å². The molecule has 1 atom stereocenters. The molecular weight excluding hydrogens is 448 g/mol. The molecule has 0 aliphatic carbocycles. The number of benzene rings is 1. The highest BCUT2D eigenvalue weighted by Crippen LogP contribution is 2.40. The van der Waals surface area contributed by atoms with E-state index in [0.717, 1.165) is 0 Å². The third-order valence-corrected chi connectivity index (χ3v) is 6.18. The first-order valence-corrected chi connectivity index (χ1v) is 11.5. The monoisotopic (exact) mass is 476 g/mol. The van der Waals surface area contributed by atoms with Gasteiger partial charge in [0.1, 0.15) is 11.5 Å². The van der Waals surface area contributed by atoms with E-state index in [9.17, 15) is 19.5 Å². The van der Waals surface area contributed by atoms with Gasteiger partial charge in [-0.05, 0) is 38.3 Å². The minimum atomic E-state index is -0.753. The number of aromatic nitrogens is 3. The number of aliphatic hydroxyl groups excluding tert-OH is 1. The molecule has 4 rings (SSSR count). The predicted octanol–water partition coefficient (Wildman–Crippen LogP) is 3.52. The summed E-state index contributed by atoms with van der Waals surface area (Å²) in [6.45, 7) is 6.22. The number of amides is 1. The number of nitrogens with zero attached hydrogens (tertiary/aromatic N) is 3. The quantitative estimate of drug-likeness (QED) is 0.222. The van der Waals surface area contributed by atoms with Gasteiger partial charge in [0.2, 0.25) is 0 Å². The van der Waals surface area contributed by atoms with Gasteiger partial charge in [0, 0.05) is 36.7 Å². The molecule has 1 aromatic carbocycles. The molecule has 1 aliphatic rings. The van der Waals surface area contributed by atoms with Gasteiger partial charge in [-0.3, -0.25) is 9.59 Å². The summed E-state index contributed by atoms with van der Waals surface area (Å²) >= 11 is 0. The maximum atomic E-state index is 13.2. The average molecular weight is 477 g/mol. The normalized spacial score (nSPS) is 17.2. The summed E-state index contributed by atoms with van der Waals surface area (Å²) in [5, 5.41) is 11.4. The second-order valence-corrected chi connectivity index (χ2v) is 8.40. The van der Waals surface area contributed by atoms with Gasteiger partial charge in [0.25, 0.3) is 11.7 Å². The van der Waals surface area contributed by atoms with Crippen molar-refractivity contribution in [1.82, 2.24) is 19.4 Å². The minimum absolute atomic E-state index is 0.00411. The Hall–Kier alpha value is -4.14. The van der Waals surface area contributed by atoms with Crippen molar-refractivity contribution in [2.24, 2.45) is 0 Å². The predicted molar refractivity (Wildman–Crippen MR) is 129 cm³/mol. The zero-order valence-electron chi connectivity index (χ0n) is 19.9. The summed E-state index contributed by atoms with van der Waals surface area (Å²) in [5.41, 5.74) is 2.21. The van der Waals surface area contributed by atoms with Gasteiger partial charge in [-0.25, -0.2) is 9.78 Å². The Labute approximate surface area is 203 Å². The van der Waals surface area contributed by atoms with Gasteiger partial charge in [-0.2, -0.15) is 0 Å². The summed E-state index contributed by atoms with van der Waals surface area (Å²) in [7, 11) is 0. The number of nitrogens with one attached hydrogen (secondary N) is 1. The van der Waals surface area contributed by atoms with E-state index in [2.05, 4.69) is 9.97 Å². The van der Waals surface area contributed by atoms with Crippen LogP contribution in [-0.2, 0) is 20.9 Å². The van der Waals surface area contributed by atoms with Crippen LogP contribution in [0.15, 0.2) is 54.6 Å². The van der Waals surface area contributed by atoms with Crippen LogP contribution in [0, 0.1) is 13.8 Å². The molecule has 3 heterocycles. The average Bonchev–Trinajstić information content (AvgIpc) is 3.53. The number of ketones is 1. The molecule has 0 unspecified atom stereocenters. The molecule has 2 aromatic heterocycles. The standard InChI is InChI=1S/C26H28N4O5/c1-4-35-26(34)21-16(2)19(17(3)28-21)23(31)20-22(18-9-6-5-7-10-18)30(25(33)24(20)32)13-8-12-29-14-11-27-15-29/h5-7,9-11,14-15,22,28,31H,4,8,12-13H2,1-3H3/b23-20+/t22-/m1/s1. The number of hydrogen-bond acceptors (Lipinski definition) is 6. The van der Waals surface area contributed by atoms with Gasteiger partial charge in [-0.1, -0.05) is 30.3 Å². The topological polar surface area (TPSA) is 118 Å². The lowest BCUT2D eigenvalue weighted by Crippen LogP contribution is -2.31. The lowest BCUT2D eigenvalue weighted by Gasteiger charge is -2.25. The highest BCUT2D eigenvalue weighted by molar-refractivity contribution is 6.46. The number of carbonyl (C=O) groups is 3. The molecule has 0 saturated carbocycles. The lowest BCUT2D eigenvalue weighted by molar-refractivity contribution is -0.139. The second-order valence-electron chi connectivity index (χ2n) is 8.40. The van der Waals surface area contributed by atoms with Gasteiger partial charge in [0.05, 0.1) is 24.5 Å². The Morgan fingerprint density at radius 2 is 1.91 bits per heavy atom. The number of hydrogen-bond donors (Lipinski definition) is 2. The van der Waals surface area contributed by atoms with Crippen molar-refractivity contribution >= 4 is 23.4 Å². The van der Waals surface area contributed by atoms with Crippen LogP contribution in [-0.4, -0.2) is 55.4 Å². The van der Waals surface area contributed by atoms with E-state index < -0.39 is 23.7 Å². The maximum absolute atomic E-state index is 13.2. The fraction of sp³-hybridized carbons (Fsp3) is 0.308. The first-order chi connectivity index (χ1) is 16.8. The van der Waals surface area contributed by atoms with Crippen molar-refractivity contribution in [2.45, 2.75) is 39.8 Å². The third kappa shape index (κ3) is 4.49. The third-order valence-electron chi connectivity index (χ3n) is 6.18. The Balaban J connectivity index is 1.77. The van der Waals surface area contributed by atoms with Crippen LogP contribution >= 0.6 is 0 Å². The summed E-state index contributed by atoms with van der Waals surface area (Å²) in [5.74, 6) is -2.28. The van der Waals surface area contributed by atoms with E-state index in [1.165, 1.54) is 4.90 Å². The molecule has 35 heavy (non-hydrogen) atoms. The Morgan fingerprint density at radius 1 is 1.17 bits per heavy atom. The first-order valence-electron chi connectivity index (χ1n) is 11.5. The smallest absolute Gasteiger partial charge is 0.355 e. The lowest BCUT2D eigenvalue weighted by atomic mass is 9.94. The van der Waals surface area contributed by atoms with E-state index >= 15 is 0 Å². The number of carbonyl (C=O) groups excluding carboxylic acids is 3. The van der Waals surface area contributed by atoms with Crippen molar-refractivity contribution in [2.75, 3.05) is 13.2 Å². The number of esters is 1. The molecule has 0 spiro atoms. The highest BCUT2D eigenvalue weighted by atomic mass is 16.5. The molecule has 182 valence electrons. The summed E-state index contributed by atoms with van der Waals surface area (Å²) in [4.78, 5) is 47.2. The van der Waals surface area contributed by atoms with Crippen LogP contribution < -0.4 is 0 Å². The molecule has 2 N–H and O–H groups in total. The molecule has 0 radical (unpaired) electrons. The number of Topliss-reactive ketones (excluding diaryl/α,β-unsaturated/α-hetero) is 1. The van der Waals surface area contributed by atoms with Gasteiger partial charge >= 0.3 is 5.97 Å². The van der Waals surface area contributed by atoms with Crippen LogP contribution in [0.4, 0.5) is 0 Å². The molecule has 1 fully saturated rings. The van der Waals surface area contributed by atoms with E-state index in [0.29, 0.717) is 41.9 Å². The van der Waals surface area contributed by atoms with Gasteiger partial charge in [-0.15, -0.1) is 0 Å². The zero-order valence-corrected chi connectivity index (χ0v) is 19.9. The second kappa shape index (κ2) is 10.0. The van der Waals surface area contributed by atoms with Gasteiger partial charge in [0.15, 0.2) is 0 Å². The van der Waals surface area contributed by atoms with Crippen LogP contribution in [0.1, 0.15) is 52.3 Å². The van der Waals surface area contributed by atoms with Crippen LogP contribution in [0.3, 0.4) is 0 Å². The number of aromatic amines is 1. The molecule has 1 amide bonds. The summed E-state index contributed by atoms with van der Waals surface area (Å²) < 4.78 is 7.00. The van der Waals surface area contributed by atoms with Crippen molar-refractivity contribution in [1.29, 1.82) is 0 Å². The number of likely N-dealkylation sites (tertiary alicyclic amines) is 1. The van der Waals surface area contributed by atoms with E-state index in [4.69, 9.17) is 4.74 Å². The molecule has 1 saturated heterocycles. The number of aliphatic hydroxyl groups is 1. The molecule has 9 heteroatoms. The Kier molecular flexibility index (Phi) is 6.86. The molecule has 3 aromatic rings. The van der Waals surface area contributed by atoms with Crippen LogP contribution in [0.5, 0.6) is 0 Å². The van der Waals surface area contributed by atoms with E-state index in [1.807, 2.05) is 41.1 Å². The van der Waals surface area contributed by atoms with E-state index in [-0.39, 0.29) is 23.6 Å². The molecule has 9 nitrogen and oxygen atoms in total. The molecule has 1 aliphatic heterocycles. The number of ether oxygens (including phenoxy) is 1. The largest absolute Gasteiger partial charge is 0.507 e. The fourth-order valence-corrected chi connectivity index (χ4v) is 4.58. The van der Waals surface area contributed by atoms with E-state index in [1.54, 1.807) is 33.3 Å². The summed E-state index contributed by atoms with van der Waals surface area (Å²) in [6, 6.07) is 8.40. The minimum Gasteiger partial charge on any atom is -0.507 e. The Morgan fingerprint density at radius 3 is 2.57 bits per heavy atom. The maximum Gasteiger partial charge on any atom is 0.355 e.